The maximum atomic E-state index is 13.8. The Hall–Kier alpha value is -3.02. The van der Waals surface area contributed by atoms with Gasteiger partial charge >= 0.3 is 12.1 Å². The Morgan fingerprint density at radius 1 is 1.18 bits per heavy atom. The fraction of sp³-hybridized carbons (Fsp3) is 0.593. The molecule has 0 radical (unpaired) electrons. The monoisotopic (exact) mass is 556 g/mol. The van der Waals surface area contributed by atoms with Gasteiger partial charge in [0, 0.05) is 24.6 Å². The van der Waals surface area contributed by atoms with Crippen molar-refractivity contribution in [3.8, 4) is 11.3 Å². The van der Waals surface area contributed by atoms with Gasteiger partial charge < -0.3 is 10.4 Å². The molecular weight excluding hydrogens is 523 g/mol. The third-order valence-corrected chi connectivity index (χ3v) is 7.69. The maximum absolute atomic E-state index is 13.8. The van der Waals surface area contributed by atoms with Crippen molar-refractivity contribution in [3.63, 3.8) is 0 Å². The zero-order valence-electron chi connectivity index (χ0n) is 21.7. The lowest BCUT2D eigenvalue weighted by Gasteiger charge is -2.33. The molecule has 2 fully saturated rings. The molecule has 2 aliphatic rings. The summed E-state index contributed by atoms with van der Waals surface area (Å²) in [5.74, 6) is -5.73. The van der Waals surface area contributed by atoms with E-state index in [2.05, 4.69) is 10.4 Å². The Labute approximate surface area is 223 Å². The van der Waals surface area contributed by atoms with Gasteiger partial charge in [-0.15, -0.1) is 0 Å². The minimum absolute atomic E-state index is 0.0927. The second kappa shape index (κ2) is 11.6. The Morgan fingerprint density at radius 2 is 1.87 bits per heavy atom. The summed E-state index contributed by atoms with van der Waals surface area (Å²) in [5.41, 5.74) is -0.893. The lowest BCUT2D eigenvalue weighted by atomic mass is 9.97. The number of benzene rings is 1. The molecule has 39 heavy (non-hydrogen) atoms. The molecule has 0 bridgehead atoms. The van der Waals surface area contributed by atoms with Crippen molar-refractivity contribution >= 4 is 11.9 Å². The number of carbonyl (C=O) groups is 2. The first kappa shape index (κ1) is 29.0. The predicted octanol–water partition coefficient (Wildman–Crippen LogP) is 5.62. The number of nitrogens with zero attached hydrogens (tertiary/aromatic N) is 3. The number of carbonyl (C=O) groups excluding carboxylic acids is 1. The summed E-state index contributed by atoms with van der Waals surface area (Å²) in [6.07, 6.45) is -1.18. The Kier molecular flexibility index (Phi) is 8.63. The predicted molar refractivity (Wildman–Crippen MR) is 133 cm³/mol. The minimum atomic E-state index is -4.61. The van der Waals surface area contributed by atoms with E-state index >= 15 is 0 Å². The smallest absolute Gasteiger partial charge is 0.417 e. The molecule has 12 heteroatoms. The van der Waals surface area contributed by atoms with Crippen LogP contribution in [0.4, 0.5) is 22.0 Å². The number of alkyl halides is 5. The van der Waals surface area contributed by atoms with Crippen LogP contribution < -0.4 is 5.32 Å². The van der Waals surface area contributed by atoms with Crippen LogP contribution in [-0.4, -0.2) is 63.3 Å². The van der Waals surface area contributed by atoms with Crippen molar-refractivity contribution in [1.29, 1.82) is 0 Å². The topological polar surface area (TPSA) is 87.5 Å². The summed E-state index contributed by atoms with van der Waals surface area (Å²) in [4.78, 5) is 26.6. The highest BCUT2D eigenvalue weighted by Gasteiger charge is 2.37. The molecule has 1 aromatic carbocycles. The molecule has 2 heterocycles. The molecule has 1 aliphatic heterocycles. The van der Waals surface area contributed by atoms with Crippen LogP contribution in [0.2, 0.25) is 0 Å². The van der Waals surface area contributed by atoms with Gasteiger partial charge in [0.1, 0.15) is 0 Å². The lowest BCUT2D eigenvalue weighted by Crippen LogP contribution is -2.47. The van der Waals surface area contributed by atoms with Crippen LogP contribution in [0.1, 0.15) is 74.0 Å². The van der Waals surface area contributed by atoms with E-state index in [9.17, 15) is 36.6 Å². The summed E-state index contributed by atoms with van der Waals surface area (Å²) < 4.78 is 70.6. The zero-order chi connectivity index (χ0) is 28.4. The van der Waals surface area contributed by atoms with Crippen molar-refractivity contribution in [1.82, 2.24) is 20.0 Å². The van der Waals surface area contributed by atoms with Gasteiger partial charge in [-0.3, -0.25) is 19.2 Å². The zero-order valence-corrected chi connectivity index (χ0v) is 21.7. The molecule has 214 valence electrons. The van der Waals surface area contributed by atoms with E-state index in [-0.39, 0.29) is 42.4 Å². The number of aromatic nitrogens is 2. The summed E-state index contributed by atoms with van der Waals surface area (Å²) >= 11 is 0. The van der Waals surface area contributed by atoms with Crippen LogP contribution in [0.15, 0.2) is 30.3 Å². The van der Waals surface area contributed by atoms with Crippen LogP contribution in [0.3, 0.4) is 0 Å². The Balaban J connectivity index is 1.60. The number of likely N-dealkylation sites (tertiary alicyclic amines) is 1. The van der Waals surface area contributed by atoms with Gasteiger partial charge in [0.2, 0.25) is 0 Å². The van der Waals surface area contributed by atoms with Gasteiger partial charge in [0.15, 0.2) is 5.69 Å². The largest absolute Gasteiger partial charge is 0.481 e. The Bertz CT molecular complexity index is 1180. The standard InChI is InChI=1S/C27H33F5N4O3/c1-17(25(38)39)21(11-14-35-13-6-12-26(28,29)16-35)33-24(37)22-15-23(36(34-22)18-7-2-3-8-18)19-9-4-5-10-20(19)27(30,31)32/h4-5,9-10,15,17-18,21H,2-3,6-8,11-14,16H2,1H3,(H,33,37)(H,38,39). The molecule has 2 unspecified atom stereocenters. The first-order valence-corrected chi connectivity index (χ1v) is 13.3. The van der Waals surface area contributed by atoms with Crippen LogP contribution in [0.5, 0.6) is 0 Å². The van der Waals surface area contributed by atoms with Crippen LogP contribution in [0.25, 0.3) is 11.3 Å². The molecule has 2 atom stereocenters. The Morgan fingerprint density at radius 3 is 2.51 bits per heavy atom. The number of rotatable bonds is 9. The third kappa shape index (κ3) is 6.95. The fourth-order valence-electron chi connectivity index (χ4n) is 5.51. The second-order valence-corrected chi connectivity index (χ2v) is 10.6. The number of hydrogen-bond donors (Lipinski definition) is 2. The minimum Gasteiger partial charge on any atom is -0.481 e. The van der Waals surface area contributed by atoms with Crippen molar-refractivity contribution in [2.45, 2.75) is 76.1 Å². The van der Waals surface area contributed by atoms with Crippen molar-refractivity contribution in [2.75, 3.05) is 19.6 Å². The van der Waals surface area contributed by atoms with E-state index in [0.29, 0.717) is 25.8 Å². The van der Waals surface area contributed by atoms with Gasteiger partial charge in [0.25, 0.3) is 11.8 Å². The maximum Gasteiger partial charge on any atom is 0.417 e. The molecule has 1 amide bonds. The van der Waals surface area contributed by atoms with E-state index < -0.39 is 48.0 Å². The lowest BCUT2D eigenvalue weighted by molar-refractivity contribution is -0.142. The molecule has 4 rings (SSSR count). The average Bonchev–Trinajstić information content (AvgIpc) is 3.55. The number of aliphatic carboxylic acids is 1. The number of amides is 1. The first-order chi connectivity index (χ1) is 18.4. The van der Waals surface area contributed by atoms with Crippen molar-refractivity contribution < 1.29 is 36.6 Å². The van der Waals surface area contributed by atoms with Gasteiger partial charge in [-0.25, -0.2) is 8.78 Å². The summed E-state index contributed by atoms with van der Waals surface area (Å²) in [5, 5.41) is 16.7. The molecule has 1 saturated heterocycles. The number of carboxylic acid groups (broad SMARTS) is 1. The molecule has 7 nitrogen and oxygen atoms in total. The van der Waals surface area contributed by atoms with Crippen molar-refractivity contribution in [2.24, 2.45) is 5.92 Å². The summed E-state index contributed by atoms with van der Waals surface area (Å²) in [6.45, 7) is 1.60. The van der Waals surface area contributed by atoms with Crippen LogP contribution in [0, 0.1) is 5.92 Å². The SMILES string of the molecule is CC(C(=O)O)C(CCN1CCCC(F)(F)C1)NC(=O)c1cc(-c2ccccc2C(F)(F)F)n(C2CCCC2)n1. The number of carboxylic acids is 1. The second-order valence-electron chi connectivity index (χ2n) is 10.6. The average molecular weight is 557 g/mol. The number of nitrogens with one attached hydrogen (secondary N) is 1. The molecule has 1 aliphatic carbocycles. The molecule has 2 aromatic rings. The van der Waals surface area contributed by atoms with E-state index in [0.717, 1.165) is 18.9 Å². The fourth-order valence-corrected chi connectivity index (χ4v) is 5.51. The highest BCUT2D eigenvalue weighted by molar-refractivity contribution is 5.94. The van der Waals surface area contributed by atoms with Crippen LogP contribution in [-0.2, 0) is 11.0 Å². The number of halogens is 5. The highest BCUT2D eigenvalue weighted by Crippen LogP contribution is 2.40. The van der Waals surface area contributed by atoms with Gasteiger partial charge in [-0.05, 0) is 51.3 Å². The van der Waals surface area contributed by atoms with Gasteiger partial charge in [-0.2, -0.15) is 18.3 Å². The van der Waals surface area contributed by atoms with Crippen molar-refractivity contribution in [3.05, 3.63) is 41.6 Å². The van der Waals surface area contributed by atoms with Gasteiger partial charge in [-0.1, -0.05) is 31.0 Å². The molecular formula is C27H33F5N4O3. The first-order valence-electron chi connectivity index (χ1n) is 13.3. The van der Waals surface area contributed by atoms with E-state index in [1.165, 1.54) is 35.9 Å². The normalized spacial score (nSPS) is 20.1. The quantitative estimate of drug-likeness (QED) is 0.392. The number of piperidine rings is 1. The third-order valence-electron chi connectivity index (χ3n) is 7.69. The molecule has 2 N–H and O–H groups in total. The molecule has 1 saturated carbocycles. The van der Waals surface area contributed by atoms with E-state index in [1.807, 2.05) is 0 Å². The van der Waals surface area contributed by atoms with Crippen LogP contribution >= 0.6 is 0 Å². The summed E-state index contributed by atoms with van der Waals surface area (Å²) in [6, 6.07) is 5.36. The molecule has 1 aromatic heterocycles. The summed E-state index contributed by atoms with van der Waals surface area (Å²) in [7, 11) is 0. The molecule has 0 spiro atoms. The van der Waals surface area contributed by atoms with E-state index in [1.54, 1.807) is 4.90 Å². The number of hydrogen-bond acceptors (Lipinski definition) is 4. The highest BCUT2D eigenvalue weighted by atomic mass is 19.4. The van der Waals surface area contributed by atoms with Gasteiger partial charge in [0.05, 0.1) is 29.8 Å². The van der Waals surface area contributed by atoms with E-state index in [4.69, 9.17) is 0 Å².